The molecule has 0 saturated heterocycles. The van der Waals surface area contributed by atoms with Crippen molar-refractivity contribution in [3.8, 4) is 0 Å². The highest BCUT2D eigenvalue weighted by Gasteiger charge is 2.19. The van der Waals surface area contributed by atoms with Crippen LogP contribution in [0.15, 0.2) is 53.7 Å². The van der Waals surface area contributed by atoms with Crippen LogP contribution in [0.2, 0.25) is 0 Å². The van der Waals surface area contributed by atoms with Crippen LogP contribution in [0.5, 0.6) is 0 Å². The predicted molar refractivity (Wildman–Crippen MR) is 130 cm³/mol. The van der Waals surface area contributed by atoms with Crippen molar-refractivity contribution in [3.63, 3.8) is 0 Å². The molecule has 0 aliphatic heterocycles. The molecule has 0 unspecified atom stereocenters. The summed E-state index contributed by atoms with van der Waals surface area (Å²) in [6.07, 6.45) is 0. The van der Waals surface area contributed by atoms with Gasteiger partial charge in [0.25, 0.3) is 5.91 Å². The number of aromatic nitrogens is 3. The molecule has 0 spiro atoms. The highest BCUT2D eigenvalue weighted by molar-refractivity contribution is 7.99. The Morgan fingerprint density at radius 1 is 1.03 bits per heavy atom. The van der Waals surface area contributed by atoms with Crippen molar-refractivity contribution >= 4 is 35.2 Å². The van der Waals surface area contributed by atoms with Crippen LogP contribution in [0, 0.1) is 6.92 Å². The molecule has 1 atom stereocenters. The van der Waals surface area contributed by atoms with Gasteiger partial charge in [-0.1, -0.05) is 29.5 Å². The predicted octanol–water partition coefficient (Wildman–Crippen LogP) is 3.52. The highest BCUT2D eigenvalue weighted by atomic mass is 32.2. The zero-order chi connectivity index (χ0) is 24.7. The molecule has 9 nitrogen and oxygen atoms in total. The summed E-state index contributed by atoms with van der Waals surface area (Å²) in [5.41, 5.74) is 2.65. The number of esters is 1. The van der Waals surface area contributed by atoms with Gasteiger partial charge in [0.2, 0.25) is 5.91 Å². The maximum absolute atomic E-state index is 12.5. The fourth-order valence-electron chi connectivity index (χ4n) is 3.11. The van der Waals surface area contributed by atoms with Gasteiger partial charge in [0, 0.05) is 18.3 Å². The maximum Gasteiger partial charge on any atom is 0.338 e. The van der Waals surface area contributed by atoms with Gasteiger partial charge in [-0.3, -0.25) is 9.59 Å². The van der Waals surface area contributed by atoms with Crippen LogP contribution in [0.1, 0.15) is 52.0 Å². The Kier molecular flexibility index (Phi) is 8.42. The van der Waals surface area contributed by atoms with Crippen LogP contribution in [0.4, 0.5) is 5.69 Å². The van der Waals surface area contributed by atoms with E-state index in [9.17, 15) is 14.4 Å². The van der Waals surface area contributed by atoms with Crippen molar-refractivity contribution in [1.82, 2.24) is 20.1 Å². The number of rotatable bonds is 9. The third-order valence-electron chi connectivity index (χ3n) is 4.93. The first-order valence-corrected chi connectivity index (χ1v) is 11.7. The number of hydrogen-bond donors (Lipinski definition) is 2. The number of ether oxygens (including phenoxy) is 1. The Hall–Kier alpha value is -3.66. The summed E-state index contributed by atoms with van der Waals surface area (Å²) in [6, 6.07) is 13.4. The molecule has 1 heterocycles. The third kappa shape index (κ3) is 6.44. The Bertz CT molecular complexity index is 1160. The SMILES string of the molecule is CCOC(=O)c1ccc(NC(=O)CSc2nnc([C@@H](C)NC(=O)c3ccc(C)cc3)n2C)cc1. The van der Waals surface area contributed by atoms with Gasteiger partial charge >= 0.3 is 5.97 Å². The fraction of sp³-hybridized carbons (Fsp3) is 0.292. The maximum atomic E-state index is 12.5. The number of carbonyl (C=O) groups excluding carboxylic acids is 3. The van der Waals surface area contributed by atoms with E-state index in [1.165, 1.54) is 11.8 Å². The van der Waals surface area contributed by atoms with Gasteiger partial charge < -0.3 is 19.9 Å². The topological polar surface area (TPSA) is 115 Å². The van der Waals surface area contributed by atoms with E-state index in [0.29, 0.717) is 34.4 Å². The van der Waals surface area contributed by atoms with Crippen molar-refractivity contribution in [2.24, 2.45) is 7.05 Å². The van der Waals surface area contributed by atoms with Gasteiger partial charge in [-0.15, -0.1) is 10.2 Å². The molecule has 0 aliphatic carbocycles. The van der Waals surface area contributed by atoms with E-state index in [2.05, 4.69) is 20.8 Å². The number of nitrogens with zero attached hydrogens (tertiary/aromatic N) is 3. The number of aryl methyl sites for hydroxylation is 1. The number of nitrogens with one attached hydrogen (secondary N) is 2. The van der Waals surface area contributed by atoms with E-state index in [-0.39, 0.29) is 23.6 Å². The second kappa shape index (κ2) is 11.5. The van der Waals surface area contributed by atoms with E-state index >= 15 is 0 Å². The molecule has 0 aliphatic rings. The summed E-state index contributed by atoms with van der Waals surface area (Å²) in [7, 11) is 1.79. The van der Waals surface area contributed by atoms with Crippen LogP contribution in [0.25, 0.3) is 0 Å². The summed E-state index contributed by atoms with van der Waals surface area (Å²) in [6.45, 7) is 5.84. The smallest absolute Gasteiger partial charge is 0.338 e. The second-order valence-electron chi connectivity index (χ2n) is 7.60. The van der Waals surface area contributed by atoms with Crippen molar-refractivity contribution < 1.29 is 19.1 Å². The molecule has 0 fully saturated rings. The Morgan fingerprint density at radius 2 is 1.68 bits per heavy atom. The highest BCUT2D eigenvalue weighted by Crippen LogP contribution is 2.20. The van der Waals surface area contributed by atoms with Gasteiger partial charge in [0.05, 0.1) is 24.0 Å². The summed E-state index contributed by atoms with van der Waals surface area (Å²) < 4.78 is 6.70. The molecule has 0 saturated carbocycles. The molecule has 3 aromatic rings. The Labute approximate surface area is 202 Å². The Morgan fingerprint density at radius 3 is 2.32 bits per heavy atom. The van der Waals surface area contributed by atoms with Crippen LogP contribution in [0.3, 0.4) is 0 Å². The molecule has 10 heteroatoms. The third-order valence-corrected chi connectivity index (χ3v) is 5.95. The summed E-state index contributed by atoms with van der Waals surface area (Å²) in [4.78, 5) is 36.5. The molecular weight excluding hydrogens is 454 g/mol. The van der Waals surface area contributed by atoms with Crippen molar-refractivity contribution in [2.75, 3.05) is 17.7 Å². The van der Waals surface area contributed by atoms with Crippen molar-refractivity contribution in [2.45, 2.75) is 32.0 Å². The van der Waals surface area contributed by atoms with Crippen LogP contribution < -0.4 is 10.6 Å². The van der Waals surface area contributed by atoms with Gasteiger partial charge in [0.1, 0.15) is 0 Å². The standard InChI is InChI=1S/C24H27N5O4S/c1-5-33-23(32)18-10-12-19(13-11-18)26-20(30)14-34-24-28-27-21(29(24)4)16(3)25-22(31)17-8-6-15(2)7-9-17/h6-13,16H,5,14H2,1-4H3,(H,25,31)(H,26,30)/t16-/m1/s1. The zero-order valence-corrected chi connectivity index (χ0v) is 20.3. The number of benzene rings is 2. The first-order valence-electron chi connectivity index (χ1n) is 10.7. The quantitative estimate of drug-likeness (QED) is 0.355. The number of thioether (sulfide) groups is 1. The summed E-state index contributed by atoms with van der Waals surface area (Å²) in [5, 5.41) is 14.6. The van der Waals surface area contributed by atoms with Gasteiger partial charge in [-0.2, -0.15) is 0 Å². The minimum atomic E-state index is -0.404. The average Bonchev–Trinajstić information content (AvgIpc) is 3.19. The molecule has 2 amide bonds. The van der Waals surface area contributed by atoms with Crippen LogP contribution in [-0.4, -0.2) is 44.9 Å². The first kappa shape index (κ1) is 25.0. The molecule has 34 heavy (non-hydrogen) atoms. The van der Waals surface area contributed by atoms with Crippen LogP contribution >= 0.6 is 11.8 Å². The van der Waals surface area contributed by atoms with Gasteiger partial charge in [-0.25, -0.2) is 4.79 Å². The Balaban J connectivity index is 1.53. The van der Waals surface area contributed by atoms with Crippen molar-refractivity contribution in [1.29, 1.82) is 0 Å². The second-order valence-corrected chi connectivity index (χ2v) is 8.54. The lowest BCUT2D eigenvalue weighted by Crippen LogP contribution is -2.28. The molecule has 1 aromatic heterocycles. The molecule has 2 aromatic carbocycles. The van der Waals surface area contributed by atoms with E-state index in [0.717, 1.165) is 5.56 Å². The largest absolute Gasteiger partial charge is 0.462 e. The molecule has 0 radical (unpaired) electrons. The van der Waals surface area contributed by atoms with Gasteiger partial charge in [-0.05, 0) is 57.2 Å². The lowest BCUT2D eigenvalue weighted by Gasteiger charge is -2.13. The number of carbonyl (C=O) groups is 3. The first-order chi connectivity index (χ1) is 16.3. The molecular formula is C24H27N5O4S. The average molecular weight is 482 g/mol. The van der Waals surface area contributed by atoms with Gasteiger partial charge in [0.15, 0.2) is 11.0 Å². The molecule has 3 rings (SSSR count). The lowest BCUT2D eigenvalue weighted by molar-refractivity contribution is -0.113. The molecule has 2 N–H and O–H groups in total. The number of anilines is 1. The van der Waals surface area contributed by atoms with E-state index in [1.54, 1.807) is 54.9 Å². The van der Waals surface area contributed by atoms with E-state index in [4.69, 9.17) is 4.74 Å². The summed E-state index contributed by atoms with van der Waals surface area (Å²) in [5.74, 6) is -0.121. The molecule has 0 bridgehead atoms. The van der Waals surface area contributed by atoms with Crippen molar-refractivity contribution in [3.05, 3.63) is 71.0 Å². The number of amides is 2. The van der Waals surface area contributed by atoms with E-state index < -0.39 is 5.97 Å². The van der Waals surface area contributed by atoms with Crippen LogP contribution in [-0.2, 0) is 16.6 Å². The van der Waals surface area contributed by atoms with E-state index in [1.807, 2.05) is 26.0 Å². The minimum Gasteiger partial charge on any atom is -0.462 e. The normalized spacial score (nSPS) is 11.5. The summed E-state index contributed by atoms with van der Waals surface area (Å²) >= 11 is 1.23. The monoisotopic (exact) mass is 481 g/mol. The number of hydrogen-bond acceptors (Lipinski definition) is 7. The lowest BCUT2D eigenvalue weighted by atomic mass is 10.1. The zero-order valence-electron chi connectivity index (χ0n) is 19.5. The molecule has 178 valence electrons. The fourth-order valence-corrected chi connectivity index (χ4v) is 3.83. The minimum absolute atomic E-state index is 0.121.